The number of rotatable bonds is 6. The van der Waals surface area contributed by atoms with Gasteiger partial charge in [-0.15, -0.1) is 0 Å². The first-order chi connectivity index (χ1) is 16.6. The van der Waals surface area contributed by atoms with E-state index in [9.17, 15) is 14.4 Å². The third kappa shape index (κ3) is 3.96. The Kier molecular flexibility index (Phi) is 5.88. The van der Waals surface area contributed by atoms with Gasteiger partial charge >= 0.3 is 0 Å². The molecular formula is C28H26N2O4. The Morgan fingerprint density at radius 2 is 1.71 bits per heavy atom. The van der Waals surface area contributed by atoms with E-state index >= 15 is 0 Å². The van der Waals surface area contributed by atoms with Crippen molar-refractivity contribution < 1.29 is 19.1 Å². The summed E-state index contributed by atoms with van der Waals surface area (Å²) in [6.07, 6.45) is 2.91. The van der Waals surface area contributed by atoms with Crippen molar-refractivity contribution in [1.82, 2.24) is 10.2 Å². The molecular weight excluding hydrogens is 428 g/mol. The lowest BCUT2D eigenvalue weighted by molar-refractivity contribution is 0.0642. The largest absolute Gasteiger partial charge is 0.493 e. The fourth-order valence-corrected chi connectivity index (χ4v) is 4.84. The van der Waals surface area contributed by atoms with Crippen LogP contribution in [0.5, 0.6) is 5.75 Å². The number of nitrogens with one attached hydrogen (secondary N) is 1. The summed E-state index contributed by atoms with van der Waals surface area (Å²) in [7, 11) is 0. The first kappa shape index (κ1) is 21.9. The first-order valence-electron chi connectivity index (χ1n) is 11.7. The molecule has 34 heavy (non-hydrogen) atoms. The molecule has 6 nitrogen and oxygen atoms in total. The second-order valence-corrected chi connectivity index (χ2v) is 8.62. The molecule has 0 bridgehead atoms. The molecule has 0 saturated heterocycles. The van der Waals surface area contributed by atoms with Crippen LogP contribution < -0.4 is 10.1 Å². The van der Waals surface area contributed by atoms with E-state index in [1.807, 2.05) is 19.1 Å². The Balaban J connectivity index is 1.40. The van der Waals surface area contributed by atoms with Crippen molar-refractivity contribution in [3.05, 3.63) is 100 Å². The SMILES string of the molecule is CCOc1ccc(CN2C(=O)c3ccccc3C2=O)cc1C(=O)N[C@@H]1CCCc2ccccc21. The minimum atomic E-state index is -0.320. The van der Waals surface area contributed by atoms with E-state index in [2.05, 4.69) is 17.4 Å². The maximum Gasteiger partial charge on any atom is 0.261 e. The predicted octanol–water partition coefficient (Wildman–Crippen LogP) is 4.69. The van der Waals surface area contributed by atoms with Crippen molar-refractivity contribution in [2.45, 2.75) is 38.8 Å². The Hall–Kier alpha value is -3.93. The lowest BCUT2D eigenvalue weighted by atomic mass is 9.87. The second-order valence-electron chi connectivity index (χ2n) is 8.62. The van der Waals surface area contributed by atoms with Gasteiger partial charge in [0.25, 0.3) is 17.7 Å². The quantitative estimate of drug-likeness (QED) is 0.549. The maximum absolute atomic E-state index is 13.4. The smallest absolute Gasteiger partial charge is 0.261 e. The maximum atomic E-state index is 13.4. The normalized spacial score (nSPS) is 16.7. The molecule has 1 aliphatic heterocycles. The fourth-order valence-electron chi connectivity index (χ4n) is 4.84. The number of carbonyl (C=O) groups is 3. The Morgan fingerprint density at radius 3 is 2.44 bits per heavy atom. The summed E-state index contributed by atoms with van der Waals surface area (Å²) in [4.78, 5) is 40.2. The molecule has 1 N–H and O–H groups in total. The van der Waals surface area contributed by atoms with Gasteiger partial charge in [0.05, 0.1) is 35.9 Å². The number of amides is 3. The molecule has 1 aliphatic carbocycles. The van der Waals surface area contributed by atoms with Crippen molar-refractivity contribution in [3.63, 3.8) is 0 Å². The highest BCUT2D eigenvalue weighted by molar-refractivity contribution is 6.21. The molecule has 3 aromatic carbocycles. The molecule has 0 unspecified atom stereocenters. The predicted molar refractivity (Wildman–Crippen MR) is 128 cm³/mol. The van der Waals surface area contributed by atoms with Gasteiger partial charge in [-0.05, 0) is 67.1 Å². The standard InChI is InChI=1S/C28H26N2O4/c1-2-34-25-15-14-18(17-30-27(32)21-11-5-6-12-22(21)28(30)33)16-23(25)26(31)29-24-13-7-9-19-8-3-4-10-20(19)24/h3-6,8,10-12,14-16,24H,2,7,9,13,17H2,1H3,(H,29,31)/t24-/m1/s1. The third-order valence-electron chi connectivity index (χ3n) is 6.48. The summed E-state index contributed by atoms with van der Waals surface area (Å²) < 4.78 is 5.73. The highest BCUT2D eigenvalue weighted by atomic mass is 16.5. The van der Waals surface area contributed by atoms with Gasteiger partial charge in [0.15, 0.2) is 0 Å². The summed E-state index contributed by atoms with van der Waals surface area (Å²) in [5.74, 6) is -0.386. The monoisotopic (exact) mass is 454 g/mol. The van der Waals surface area contributed by atoms with Crippen LogP contribution in [0, 0.1) is 0 Å². The summed E-state index contributed by atoms with van der Waals surface area (Å²) in [6.45, 7) is 2.38. The number of hydrogen-bond acceptors (Lipinski definition) is 4. The van der Waals surface area contributed by atoms with Gasteiger partial charge in [-0.1, -0.05) is 42.5 Å². The number of ether oxygens (including phenoxy) is 1. The molecule has 0 fully saturated rings. The van der Waals surface area contributed by atoms with Gasteiger partial charge in [-0.25, -0.2) is 0 Å². The highest BCUT2D eigenvalue weighted by Gasteiger charge is 2.35. The van der Waals surface area contributed by atoms with Crippen LogP contribution in [0.1, 0.15) is 73.6 Å². The van der Waals surface area contributed by atoms with E-state index in [-0.39, 0.29) is 30.3 Å². The van der Waals surface area contributed by atoms with Gasteiger partial charge in [0.2, 0.25) is 0 Å². The Morgan fingerprint density at radius 1 is 1.00 bits per heavy atom. The average molecular weight is 455 g/mol. The zero-order valence-corrected chi connectivity index (χ0v) is 19.0. The highest BCUT2D eigenvalue weighted by Crippen LogP contribution is 2.31. The zero-order valence-electron chi connectivity index (χ0n) is 19.0. The number of imide groups is 1. The zero-order chi connectivity index (χ0) is 23.7. The number of fused-ring (bicyclic) bond motifs is 2. The van der Waals surface area contributed by atoms with Crippen LogP contribution in [-0.4, -0.2) is 29.2 Å². The fraction of sp³-hybridized carbons (Fsp3) is 0.250. The van der Waals surface area contributed by atoms with Gasteiger partial charge in [0, 0.05) is 0 Å². The molecule has 0 aromatic heterocycles. The van der Waals surface area contributed by atoms with E-state index in [0.717, 1.165) is 24.8 Å². The lowest BCUT2D eigenvalue weighted by Crippen LogP contribution is -2.32. The molecule has 2 aliphatic rings. The van der Waals surface area contributed by atoms with Crippen LogP contribution in [0.15, 0.2) is 66.7 Å². The van der Waals surface area contributed by atoms with Crippen LogP contribution in [0.3, 0.4) is 0 Å². The molecule has 6 heteroatoms. The molecule has 0 spiro atoms. The molecule has 1 heterocycles. The van der Waals surface area contributed by atoms with E-state index in [1.54, 1.807) is 42.5 Å². The number of nitrogens with zero attached hydrogens (tertiary/aromatic N) is 1. The van der Waals surface area contributed by atoms with Gasteiger partial charge in [-0.3, -0.25) is 19.3 Å². The van der Waals surface area contributed by atoms with E-state index in [0.29, 0.717) is 34.6 Å². The summed E-state index contributed by atoms with van der Waals surface area (Å²) in [5.41, 5.74) is 4.33. The molecule has 0 radical (unpaired) electrons. The van der Waals surface area contributed by atoms with Crippen LogP contribution >= 0.6 is 0 Å². The average Bonchev–Trinajstić information content (AvgIpc) is 3.10. The lowest BCUT2D eigenvalue weighted by Gasteiger charge is -2.26. The van der Waals surface area contributed by atoms with Crippen molar-refractivity contribution in [2.24, 2.45) is 0 Å². The minimum absolute atomic E-state index is 0.0631. The minimum Gasteiger partial charge on any atom is -0.493 e. The van der Waals surface area contributed by atoms with Crippen LogP contribution in [-0.2, 0) is 13.0 Å². The molecule has 3 amide bonds. The van der Waals surface area contributed by atoms with Crippen LogP contribution in [0.2, 0.25) is 0 Å². The molecule has 3 aromatic rings. The van der Waals surface area contributed by atoms with Crippen LogP contribution in [0.4, 0.5) is 0 Å². The molecule has 172 valence electrons. The third-order valence-corrected chi connectivity index (χ3v) is 6.48. The Bertz CT molecular complexity index is 1250. The van der Waals surface area contributed by atoms with E-state index in [4.69, 9.17) is 4.74 Å². The molecule has 0 saturated carbocycles. The van der Waals surface area contributed by atoms with E-state index in [1.165, 1.54) is 10.5 Å². The Labute approximate surface area is 198 Å². The number of hydrogen-bond donors (Lipinski definition) is 1. The number of aryl methyl sites for hydroxylation is 1. The van der Waals surface area contributed by atoms with E-state index < -0.39 is 0 Å². The number of carbonyl (C=O) groups excluding carboxylic acids is 3. The van der Waals surface area contributed by atoms with Crippen molar-refractivity contribution >= 4 is 17.7 Å². The first-order valence-corrected chi connectivity index (χ1v) is 11.7. The van der Waals surface area contributed by atoms with Crippen molar-refractivity contribution in [2.75, 3.05) is 6.61 Å². The molecule has 1 atom stereocenters. The van der Waals surface area contributed by atoms with Gasteiger partial charge in [-0.2, -0.15) is 0 Å². The van der Waals surface area contributed by atoms with Crippen molar-refractivity contribution in [1.29, 1.82) is 0 Å². The molecule has 5 rings (SSSR count). The van der Waals surface area contributed by atoms with Gasteiger partial charge < -0.3 is 10.1 Å². The topological polar surface area (TPSA) is 75.7 Å². The van der Waals surface area contributed by atoms with Crippen molar-refractivity contribution in [3.8, 4) is 5.75 Å². The van der Waals surface area contributed by atoms with Crippen LogP contribution in [0.25, 0.3) is 0 Å². The summed E-state index contributed by atoms with van der Waals surface area (Å²) >= 11 is 0. The second kappa shape index (κ2) is 9.14. The summed E-state index contributed by atoms with van der Waals surface area (Å²) in [5, 5.41) is 3.18. The summed E-state index contributed by atoms with van der Waals surface area (Å²) in [6, 6.07) is 20.2. The number of benzene rings is 3. The van der Waals surface area contributed by atoms with Gasteiger partial charge in [0.1, 0.15) is 5.75 Å².